The predicted octanol–water partition coefficient (Wildman–Crippen LogP) is 1.25. The molecule has 0 aromatic heterocycles. The van der Waals surface area contributed by atoms with Crippen molar-refractivity contribution in [3.63, 3.8) is 0 Å². The number of nitrogens with zero attached hydrogens (tertiary/aromatic N) is 1. The standard InChI is InChI=1S/C16H24N2O3/c19-15(13-3-1-2-4-14(13)16(20)21)17-9-11-7-8-18(10-11)12-5-6-12/h1-2,11-14H,3-10H2,(H,17,19)(H,20,21)/t11?,13-,14+/m1/s1. The Labute approximate surface area is 125 Å². The average molecular weight is 292 g/mol. The number of aliphatic carboxylic acids is 1. The van der Waals surface area contributed by atoms with Gasteiger partial charge in [0.25, 0.3) is 0 Å². The van der Waals surface area contributed by atoms with E-state index in [1.807, 2.05) is 12.2 Å². The van der Waals surface area contributed by atoms with Crippen molar-refractivity contribution in [2.75, 3.05) is 19.6 Å². The van der Waals surface area contributed by atoms with Gasteiger partial charge in [-0.2, -0.15) is 0 Å². The van der Waals surface area contributed by atoms with Gasteiger partial charge in [0.05, 0.1) is 11.8 Å². The van der Waals surface area contributed by atoms with Gasteiger partial charge < -0.3 is 15.3 Å². The summed E-state index contributed by atoms with van der Waals surface area (Å²) < 4.78 is 0. The van der Waals surface area contributed by atoms with Crippen molar-refractivity contribution in [3.8, 4) is 0 Å². The molecule has 0 spiro atoms. The lowest BCUT2D eigenvalue weighted by molar-refractivity contribution is -0.147. The van der Waals surface area contributed by atoms with E-state index in [1.54, 1.807) is 0 Å². The summed E-state index contributed by atoms with van der Waals surface area (Å²) in [6.07, 6.45) is 8.60. The first-order valence-corrected chi connectivity index (χ1v) is 8.04. The molecule has 1 saturated carbocycles. The van der Waals surface area contributed by atoms with Crippen LogP contribution in [0.2, 0.25) is 0 Å². The number of hydrogen-bond acceptors (Lipinski definition) is 3. The summed E-state index contributed by atoms with van der Waals surface area (Å²) in [6.45, 7) is 2.92. The molecule has 2 aliphatic carbocycles. The highest BCUT2D eigenvalue weighted by atomic mass is 16.4. The topological polar surface area (TPSA) is 69.6 Å². The van der Waals surface area contributed by atoms with Crippen LogP contribution in [-0.2, 0) is 9.59 Å². The molecule has 21 heavy (non-hydrogen) atoms. The van der Waals surface area contributed by atoms with Crippen LogP contribution < -0.4 is 5.32 Å². The molecule has 0 aromatic carbocycles. The fraction of sp³-hybridized carbons (Fsp3) is 0.750. The Bertz CT molecular complexity index is 445. The number of carbonyl (C=O) groups is 2. The third-order valence-corrected chi connectivity index (χ3v) is 5.03. The van der Waals surface area contributed by atoms with Crippen molar-refractivity contribution in [1.82, 2.24) is 10.2 Å². The minimum Gasteiger partial charge on any atom is -0.481 e. The fourth-order valence-corrected chi connectivity index (χ4v) is 3.55. The second kappa shape index (κ2) is 6.18. The largest absolute Gasteiger partial charge is 0.481 e. The van der Waals surface area contributed by atoms with Crippen LogP contribution in [0.3, 0.4) is 0 Å². The van der Waals surface area contributed by atoms with E-state index in [4.69, 9.17) is 0 Å². The Kier molecular flexibility index (Phi) is 4.29. The number of carboxylic acid groups (broad SMARTS) is 1. The summed E-state index contributed by atoms with van der Waals surface area (Å²) in [5.74, 6) is -1.40. The van der Waals surface area contributed by atoms with Gasteiger partial charge in [0.2, 0.25) is 5.91 Å². The molecule has 2 fully saturated rings. The molecule has 1 heterocycles. The van der Waals surface area contributed by atoms with E-state index in [9.17, 15) is 14.7 Å². The lowest BCUT2D eigenvalue weighted by Crippen LogP contribution is -2.41. The van der Waals surface area contributed by atoms with Gasteiger partial charge >= 0.3 is 5.97 Å². The van der Waals surface area contributed by atoms with Crippen molar-refractivity contribution in [2.45, 2.75) is 38.1 Å². The Morgan fingerprint density at radius 1 is 1.14 bits per heavy atom. The van der Waals surface area contributed by atoms with Gasteiger partial charge in [0, 0.05) is 19.1 Å². The van der Waals surface area contributed by atoms with E-state index >= 15 is 0 Å². The Morgan fingerprint density at radius 2 is 1.86 bits per heavy atom. The molecule has 116 valence electrons. The van der Waals surface area contributed by atoms with Gasteiger partial charge in [-0.1, -0.05) is 12.2 Å². The molecule has 0 radical (unpaired) electrons. The number of nitrogens with one attached hydrogen (secondary N) is 1. The molecular formula is C16H24N2O3. The first-order chi connectivity index (χ1) is 10.1. The summed E-state index contributed by atoms with van der Waals surface area (Å²) in [5.41, 5.74) is 0. The zero-order valence-electron chi connectivity index (χ0n) is 12.3. The second-order valence-electron chi connectivity index (χ2n) is 6.62. The summed E-state index contributed by atoms with van der Waals surface area (Å²) >= 11 is 0. The first kappa shape index (κ1) is 14.6. The van der Waals surface area contributed by atoms with Gasteiger partial charge in [-0.05, 0) is 44.6 Å². The molecule has 3 rings (SSSR count). The van der Waals surface area contributed by atoms with Crippen LogP contribution in [0.25, 0.3) is 0 Å². The van der Waals surface area contributed by atoms with E-state index in [0.717, 1.165) is 25.6 Å². The molecule has 1 saturated heterocycles. The molecule has 5 heteroatoms. The molecule has 0 aromatic rings. The number of rotatable bonds is 5. The van der Waals surface area contributed by atoms with Gasteiger partial charge in [0.15, 0.2) is 0 Å². The van der Waals surface area contributed by atoms with E-state index in [0.29, 0.717) is 25.3 Å². The minimum absolute atomic E-state index is 0.0865. The molecule has 1 aliphatic heterocycles. The molecule has 0 bridgehead atoms. The van der Waals surface area contributed by atoms with Crippen molar-refractivity contribution >= 4 is 11.9 Å². The first-order valence-electron chi connectivity index (χ1n) is 8.04. The number of carbonyl (C=O) groups excluding carboxylic acids is 1. The van der Waals surface area contributed by atoms with Crippen molar-refractivity contribution < 1.29 is 14.7 Å². The van der Waals surface area contributed by atoms with Gasteiger partial charge in [-0.3, -0.25) is 9.59 Å². The van der Waals surface area contributed by atoms with Crippen LogP contribution >= 0.6 is 0 Å². The van der Waals surface area contributed by atoms with Crippen LogP contribution in [0.15, 0.2) is 12.2 Å². The summed E-state index contributed by atoms with van der Waals surface area (Å²) in [5, 5.41) is 12.2. The summed E-state index contributed by atoms with van der Waals surface area (Å²) in [6, 6.07) is 0.797. The lowest BCUT2D eigenvalue weighted by Gasteiger charge is -2.25. The lowest BCUT2D eigenvalue weighted by atomic mass is 9.82. The average Bonchev–Trinajstić information content (AvgIpc) is 3.24. The Hall–Kier alpha value is -1.36. The van der Waals surface area contributed by atoms with Crippen LogP contribution in [-0.4, -0.2) is 47.6 Å². The Balaban J connectivity index is 1.47. The predicted molar refractivity (Wildman–Crippen MR) is 78.7 cm³/mol. The fourth-order valence-electron chi connectivity index (χ4n) is 3.55. The number of hydrogen-bond donors (Lipinski definition) is 2. The van der Waals surface area contributed by atoms with E-state index in [-0.39, 0.29) is 5.91 Å². The SMILES string of the molecule is O=C(O)[C@H]1CC=CC[C@H]1C(=O)NCC1CCN(C2CC2)C1. The van der Waals surface area contributed by atoms with Gasteiger partial charge in [0.1, 0.15) is 0 Å². The van der Waals surface area contributed by atoms with Crippen LogP contribution in [0.1, 0.15) is 32.1 Å². The maximum absolute atomic E-state index is 12.3. The third kappa shape index (κ3) is 3.46. The number of likely N-dealkylation sites (tertiary alicyclic amines) is 1. The molecule has 3 aliphatic rings. The monoisotopic (exact) mass is 292 g/mol. The van der Waals surface area contributed by atoms with E-state index in [2.05, 4.69) is 10.2 Å². The zero-order chi connectivity index (χ0) is 14.8. The number of carboxylic acids is 1. The highest BCUT2D eigenvalue weighted by Crippen LogP contribution is 2.31. The van der Waals surface area contributed by atoms with Gasteiger partial charge in [-0.15, -0.1) is 0 Å². The normalized spacial score (nSPS) is 33.0. The van der Waals surface area contributed by atoms with Crippen molar-refractivity contribution in [1.29, 1.82) is 0 Å². The van der Waals surface area contributed by atoms with Crippen LogP contribution in [0, 0.1) is 17.8 Å². The minimum atomic E-state index is -0.861. The zero-order valence-corrected chi connectivity index (χ0v) is 12.3. The smallest absolute Gasteiger partial charge is 0.307 e. The van der Waals surface area contributed by atoms with E-state index in [1.165, 1.54) is 12.8 Å². The molecule has 1 unspecified atom stereocenters. The molecule has 2 N–H and O–H groups in total. The van der Waals surface area contributed by atoms with Gasteiger partial charge in [-0.25, -0.2) is 0 Å². The van der Waals surface area contributed by atoms with Crippen LogP contribution in [0.5, 0.6) is 0 Å². The van der Waals surface area contributed by atoms with Crippen molar-refractivity contribution in [2.24, 2.45) is 17.8 Å². The molecular weight excluding hydrogens is 268 g/mol. The highest BCUT2D eigenvalue weighted by molar-refractivity contribution is 5.85. The van der Waals surface area contributed by atoms with Crippen LogP contribution in [0.4, 0.5) is 0 Å². The maximum Gasteiger partial charge on any atom is 0.307 e. The summed E-state index contributed by atoms with van der Waals surface area (Å²) in [7, 11) is 0. The van der Waals surface area contributed by atoms with E-state index < -0.39 is 17.8 Å². The van der Waals surface area contributed by atoms with Crippen molar-refractivity contribution in [3.05, 3.63) is 12.2 Å². The second-order valence-corrected chi connectivity index (χ2v) is 6.62. The third-order valence-electron chi connectivity index (χ3n) is 5.03. The number of amides is 1. The Morgan fingerprint density at radius 3 is 2.52 bits per heavy atom. The molecule has 3 atom stereocenters. The summed E-state index contributed by atoms with van der Waals surface area (Å²) in [4.78, 5) is 26.0. The molecule has 5 nitrogen and oxygen atoms in total. The highest BCUT2D eigenvalue weighted by Gasteiger charge is 2.36. The maximum atomic E-state index is 12.3. The molecule has 1 amide bonds. The quantitative estimate of drug-likeness (QED) is 0.748. The number of allylic oxidation sites excluding steroid dienone is 2.